The van der Waals surface area contributed by atoms with Crippen LogP contribution >= 0.6 is 0 Å². The lowest BCUT2D eigenvalue weighted by atomic mass is 9.84. The first-order valence-electron chi connectivity index (χ1n) is 14.7. The van der Waals surface area contributed by atoms with Crippen molar-refractivity contribution in [2.24, 2.45) is 5.41 Å². The predicted octanol–water partition coefficient (Wildman–Crippen LogP) is 6.76. The van der Waals surface area contributed by atoms with Gasteiger partial charge in [0.1, 0.15) is 5.75 Å². The Bertz CT molecular complexity index is 1450. The average molecular weight is 553 g/mol. The maximum absolute atomic E-state index is 13.5. The van der Waals surface area contributed by atoms with Crippen molar-refractivity contribution >= 4 is 34.3 Å². The first-order chi connectivity index (χ1) is 19.8. The zero-order chi connectivity index (χ0) is 28.8. The van der Waals surface area contributed by atoms with Crippen molar-refractivity contribution in [3.05, 3.63) is 89.5 Å². The molecule has 2 aliphatic rings. The molecule has 214 valence electrons. The van der Waals surface area contributed by atoms with Crippen LogP contribution in [0.2, 0.25) is 0 Å². The molecule has 1 amide bonds. The summed E-state index contributed by atoms with van der Waals surface area (Å²) in [4.78, 5) is 28.9. The standard InChI is InChI=1S/C35H40N2O4/c1-35(2)19-5-20-36(25-35)21-6-24-41-29-13-9-26(10-14-29)27-17-22-37(23-18-27)34(40)32-15-11-28(12-16-33(38)39)30-7-3-4-8-31(30)32/h3-4,7-17H,5-6,18-25H2,1-2H3,(H,38,39). The summed E-state index contributed by atoms with van der Waals surface area (Å²) >= 11 is 0. The number of aliphatic carboxylic acids is 1. The van der Waals surface area contributed by atoms with E-state index in [1.165, 1.54) is 37.1 Å². The highest BCUT2D eigenvalue weighted by Gasteiger charge is 2.26. The smallest absolute Gasteiger partial charge is 0.328 e. The van der Waals surface area contributed by atoms with E-state index in [4.69, 9.17) is 9.84 Å². The van der Waals surface area contributed by atoms with Crippen molar-refractivity contribution < 1.29 is 19.4 Å². The number of rotatable bonds is 9. The van der Waals surface area contributed by atoms with Crippen molar-refractivity contribution in [2.75, 3.05) is 39.3 Å². The van der Waals surface area contributed by atoms with Crippen LogP contribution in [0.4, 0.5) is 0 Å². The Kier molecular flexibility index (Phi) is 8.89. The molecule has 0 saturated carbocycles. The van der Waals surface area contributed by atoms with Crippen LogP contribution in [0.15, 0.2) is 72.8 Å². The highest BCUT2D eigenvalue weighted by atomic mass is 16.5. The van der Waals surface area contributed by atoms with Gasteiger partial charge in [-0.05, 0) is 89.4 Å². The summed E-state index contributed by atoms with van der Waals surface area (Å²) in [7, 11) is 0. The van der Waals surface area contributed by atoms with Crippen LogP contribution in [0.3, 0.4) is 0 Å². The molecule has 0 aliphatic carbocycles. The van der Waals surface area contributed by atoms with E-state index >= 15 is 0 Å². The van der Waals surface area contributed by atoms with E-state index in [0.29, 0.717) is 24.1 Å². The lowest BCUT2D eigenvalue weighted by Crippen LogP contribution is -2.40. The first kappa shape index (κ1) is 28.6. The Hall–Kier alpha value is -3.90. The van der Waals surface area contributed by atoms with E-state index < -0.39 is 5.97 Å². The van der Waals surface area contributed by atoms with Crippen LogP contribution < -0.4 is 4.74 Å². The second kappa shape index (κ2) is 12.7. The lowest BCUT2D eigenvalue weighted by Gasteiger charge is -2.38. The van der Waals surface area contributed by atoms with Crippen LogP contribution in [-0.4, -0.2) is 66.1 Å². The second-order valence-corrected chi connectivity index (χ2v) is 11.9. The number of nitrogens with zero attached hydrogens (tertiary/aromatic N) is 2. The normalized spacial score (nSPS) is 17.5. The molecule has 3 aromatic carbocycles. The van der Waals surface area contributed by atoms with Crippen molar-refractivity contribution in [2.45, 2.75) is 39.5 Å². The Morgan fingerprint density at radius 3 is 2.49 bits per heavy atom. The Balaban J connectivity index is 1.16. The highest BCUT2D eigenvalue weighted by Crippen LogP contribution is 2.30. The summed E-state index contributed by atoms with van der Waals surface area (Å²) in [5, 5.41) is 10.7. The van der Waals surface area contributed by atoms with Crippen molar-refractivity contribution in [1.29, 1.82) is 0 Å². The molecule has 1 N–H and O–H groups in total. The van der Waals surface area contributed by atoms with E-state index in [1.807, 2.05) is 47.4 Å². The molecular weight excluding hydrogens is 512 g/mol. The van der Waals surface area contributed by atoms with Gasteiger partial charge in [-0.2, -0.15) is 0 Å². The summed E-state index contributed by atoms with van der Waals surface area (Å²) in [6.45, 7) is 10.1. The second-order valence-electron chi connectivity index (χ2n) is 11.9. The van der Waals surface area contributed by atoms with E-state index in [1.54, 1.807) is 12.1 Å². The SMILES string of the molecule is CC1(C)CCCN(CCCOc2ccc(C3=CCN(C(=O)c4ccc(C=CC(=O)O)c5ccccc45)CC3)cc2)C1. The molecule has 41 heavy (non-hydrogen) atoms. The number of fused-ring (bicyclic) bond motifs is 1. The van der Waals surface area contributed by atoms with Gasteiger partial charge in [-0.3, -0.25) is 4.79 Å². The third-order valence-electron chi connectivity index (χ3n) is 8.18. The van der Waals surface area contributed by atoms with Crippen molar-refractivity contribution in [3.8, 4) is 5.75 Å². The van der Waals surface area contributed by atoms with E-state index in [2.05, 4.69) is 37.0 Å². The molecule has 2 heterocycles. The number of benzene rings is 3. The summed E-state index contributed by atoms with van der Waals surface area (Å²) in [6, 6.07) is 19.6. The number of carbonyl (C=O) groups is 2. The van der Waals surface area contributed by atoms with Crippen molar-refractivity contribution in [3.63, 3.8) is 0 Å². The topological polar surface area (TPSA) is 70.1 Å². The van der Waals surface area contributed by atoms with Gasteiger partial charge < -0.3 is 19.6 Å². The van der Waals surface area contributed by atoms with E-state index in [0.717, 1.165) is 54.2 Å². The van der Waals surface area contributed by atoms with Crippen LogP contribution in [-0.2, 0) is 4.79 Å². The van der Waals surface area contributed by atoms with Crippen molar-refractivity contribution in [1.82, 2.24) is 9.80 Å². The van der Waals surface area contributed by atoms with Crippen LogP contribution in [0, 0.1) is 5.41 Å². The molecule has 1 fully saturated rings. The number of hydrogen-bond donors (Lipinski definition) is 1. The van der Waals surface area contributed by atoms with Gasteiger partial charge in [0.15, 0.2) is 0 Å². The number of piperidine rings is 1. The Labute approximate surface area is 242 Å². The van der Waals surface area contributed by atoms with Crippen LogP contribution in [0.25, 0.3) is 22.4 Å². The molecule has 0 aromatic heterocycles. The molecule has 0 spiro atoms. The molecule has 1 saturated heterocycles. The van der Waals surface area contributed by atoms with E-state index in [-0.39, 0.29) is 5.91 Å². The number of ether oxygens (including phenoxy) is 1. The minimum absolute atomic E-state index is 0.0119. The number of hydrogen-bond acceptors (Lipinski definition) is 4. The van der Waals surface area contributed by atoms with Crippen LogP contribution in [0.5, 0.6) is 5.75 Å². The zero-order valence-corrected chi connectivity index (χ0v) is 24.1. The summed E-state index contributed by atoms with van der Waals surface area (Å²) in [6.07, 6.45) is 9.26. The summed E-state index contributed by atoms with van der Waals surface area (Å²) < 4.78 is 6.03. The minimum atomic E-state index is -1.00. The molecule has 3 aromatic rings. The number of amides is 1. The third-order valence-corrected chi connectivity index (χ3v) is 8.18. The quantitative estimate of drug-likeness (QED) is 0.235. The van der Waals surface area contributed by atoms with Gasteiger partial charge in [0.25, 0.3) is 5.91 Å². The molecule has 6 nitrogen and oxygen atoms in total. The van der Waals surface area contributed by atoms with Gasteiger partial charge in [-0.1, -0.05) is 62.4 Å². The number of carboxylic acid groups (broad SMARTS) is 1. The Morgan fingerprint density at radius 2 is 1.78 bits per heavy atom. The first-order valence-corrected chi connectivity index (χ1v) is 14.7. The summed E-state index contributed by atoms with van der Waals surface area (Å²) in [5.41, 5.74) is 4.25. The number of carbonyl (C=O) groups excluding carboxylic acids is 1. The summed E-state index contributed by atoms with van der Waals surface area (Å²) in [5.74, 6) is -0.114. The molecule has 0 radical (unpaired) electrons. The van der Waals surface area contributed by atoms with Gasteiger partial charge in [-0.25, -0.2) is 4.79 Å². The monoisotopic (exact) mass is 552 g/mol. The predicted molar refractivity (Wildman–Crippen MR) is 165 cm³/mol. The fourth-order valence-electron chi connectivity index (χ4n) is 6.08. The number of carboxylic acids is 1. The van der Waals surface area contributed by atoms with Gasteiger partial charge in [0, 0.05) is 37.8 Å². The number of likely N-dealkylation sites (tertiary alicyclic amines) is 1. The van der Waals surface area contributed by atoms with Gasteiger partial charge in [-0.15, -0.1) is 0 Å². The lowest BCUT2D eigenvalue weighted by molar-refractivity contribution is -0.131. The Morgan fingerprint density at radius 1 is 1.00 bits per heavy atom. The van der Waals surface area contributed by atoms with Gasteiger partial charge in [0.2, 0.25) is 0 Å². The molecule has 0 unspecified atom stereocenters. The fraction of sp³-hybridized carbons (Fsp3) is 0.371. The maximum atomic E-state index is 13.5. The van der Waals surface area contributed by atoms with Crippen LogP contribution in [0.1, 0.15) is 61.0 Å². The molecule has 0 bridgehead atoms. The largest absolute Gasteiger partial charge is 0.494 e. The molecule has 6 heteroatoms. The third kappa shape index (κ3) is 7.25. The fourth-order valence-corrected chi connectivity index (χ4v) is 6.08. The van der Waals surface area contributed by atoms with E-state index in [9.17, 15) is 9.59 Å². The maximum Gasteiger partial charge on any atom is 0.328 e. The average Bonchev–Trinajstić information content (AvgIpc) is 2.97. The molecule has 0 atom stereocenters. The van der Waals surface area contributed by atoms with Gasteiger partial charge in [0.05, 0.1) is 6.61 Å². The molecule has 5 rings (SSSR count). The minimum Gasteiger partial charge on any atom is -0.494 e. The highest BCUT2D eigenvalue weighted by molar-refractivity contribution is 6.09. The van der Waals surface area contributed by atoms with Gasteiger partial charge >= 0.3 is 5.97 Å². The molecular formula is C35H40N2O4. The molecule has 2 aliphatic heterocycles. The zero-order valence-electron chi connectivity index (χ0n) is 24.1.